The van der Waals surface area contributed by atoms with Crippen LogP contribution in [0.2, 0.25) is 5.02 Å². The summed E-state index contributed by atoms with van der Waals surface area (Å²) in [7, 11) is 0. The maximum absolute atomic E-state index is 5.81. The molecule has 1 heterocycles. The first-order chi connectivity index (χ1) is 7.75. The van der Waals surface area contributed by atoms with Crippen molar-refractivity contribution in [1.82, 2.24) is 9.59 Å². The monoisotopic (exact) mass is 271 g/mol. The van der Waals surface area contributed by atoms with Crippen LogP contribution in [-0.4, -0.2) is 9.59 Å². The number of halogens is 1. The predicted octanol–water partition coefficient (Wildman–Crippen LogP) is 3.21. The molecule has 0 bridgehead atoms. The predicted molar refractivity (Wildman–Crippen MR) is 70.8 cm³/mol. The largest absolute Gasteiger partial charge is 0.388 e. The summed E-state index contributed by atoms with van der Waals surface area (Å²) >= 11 is 8.81. The van der Waals surface area contributed by atoms with Crippen molar-refractivity contribution in [2.75, 3.05) is 5.73 Å². The van der Waals surface area contributed by atoms with Gasteiger partial charge in [0.05, 0.1) is 0 Å². The molecule has 16 heavy (non-hydrogen) atoms. The number of thioether (sulfide) groups is 1. The third-order valence-corrected chi connectivity index (χ3v) is 3.87. The molecular weight excluding hydrogens is 262 g/mol. The van der Waals surface area contributed by atoms with Crippen molar-refractivity contribution in [3.8, 4) is 0 Å². The number of hydrogen-bond donors (Lipinski definition) is 1. The first-order valence-electron chi connectivity index (χ1n) is 4.64. The number of hydrogen-bond acceptors (Lipinski definition) is 5. The zero-order valence-corrected chi connectivity index (χ0v) is 10.8. The molecule has 3 nitrogen and oxygen atoms in total. The van der Waals surface area contributed by atoms with E-state index in [-0.39, 0.29) is 0 Å². The van der Waals surface area contributed by atoms with Crippen LogP contribution in [0.4, 0.5) is 5.00 Å². The summed E-state index contributed by atoms with van der Waals surface area (Å²) in [6.45, 7) is 0. The minimum atomic E-state index is 0.712. The van der Waals surface area contributed by atoms with Crippen LogP contribution in [0.5, 0.6) is 0 Å². The lowest BCUT2D eigenvalue weighted by Crippen LogP contribution is -1.89. The van der Waals surface area contributed by atoms with Gasteiger partial charge in [0.25, 0.3) is 0 Å². The van der Waals surface area contributed by atoms with E-state index in [1.165, 1.54) is 17.1 Å². The van der Waals surface area contributed by atoms with Crippen molar-refractivity contribution in [2.24, 2.45) is 0 Å². The topological polar surface area (TPSA) is 51.8 Å². The van der Waals surface area contributed by atoms with Gasteiger partial charge in [0.15, 0.2) is 0 Å². The van der Waals surface area contributed by atoms with Gasteiger partial charge in [-0.1, -0.05) is 28.2 Å². The van der Waals surface area contributed by atoms with Crippen molar-refractivity contribution in [1.29, 1.82) is 0 Å². The Bertz CT molecular complexity index is 455. The fourth-order valence-electron chi connectivity index (χ4n) is 1.16. The molecule has 0 amide bonds. The van der Waals surface area contributed by atoms with E-state index in [9.17, 15) is 0 Å². The van der Waals surface area contributed by atoms with Crippen molar-refractivity contribution < 1.29 is 0 Å². The number of rotatable bonds is 4. The fraction of sp³-hybridized carbons (Fsp3) is 0.200. The second-order valence-electron chi connectivity index (χ2n) is 3.20. The second kappa shape index (κ2) is 5.52. The summed E-state index contributed by atoms with van der Waals surface area (Å²) in [5.74, 6) is 1.72. The van der Waals surface area contributed by atoms with Gasteiger partial charge in [-0.15, -0.1) is 5.10 Å². The molecule has 1 aromatic carbocycles. The molecule has 1 aromatic heterocycles. The molecule has 84 valence electrons. The van der Waals surface area contributed by atoms with Crippen molar-refractivity contribution in [3.63, 3.8) is 0 Å². The third kappa shape index (κ3) is 3.10. The van der Waals surface area contributed by atoms with Gasteiger partial charge < -0.3 is 5.73 Å². The molecule has 0 spiro atoms. The third-order valence-electron chi connectivity index (χ3n) is 2.01. The van der Waals surface area contributed by atoms with Crippen LogP contribution in [0.15, 0.2) is 24.3 Å². The minimum Gasteiger partial charge on any atom is -0.388 e. The standard InChI is InChI=1S/C10H10ClN3S2/c11-8-3-1-7(2-4-8)5-15-6-9-10(12)16-14-13-9/h1-4H,5-6,12H2. The van der Waals surface area contributed by atoms with Gasteiger partial charge in [-0.25, -0.2) is 0 Å². The normalized spacial score (nSPS) is 10.6. The number of nitrogens with two attached hydrogens (primary N) is 1. The molecule has 0 aliphatic carbocycles. The molecule has 0 saturated heterocycles. The lowest BCUT2D eigenvalue weighted by Gasteiger charge is -2.00. The van der Waals surface area contributed by atoms with Crippen LogP contribution in [0, 0.1) is 0 Å². The van der Waals surface area contributed by atoms with Crippen LogP contribution < -0.4 is 5.73 Å². The number of aromatic nitrogens is 2. The highest BCUT2D eigenvalue weighted by molar-refractivity contribution is 7.97. The van der Waals surface area contributed by atoms with Crippen LogP contribution in [0.25, 0.3) is 0 Å². The summed E-state index contributed by atoms with van der Waals surface area (Å²) in [5, 5.41) is 5.44. The molecule has 0 saturated carbocycles. The average molecular weight is 272 g/mol. The highest BCUT2D eigenvalue weighted by Gasteiger charge is 2.03. The van der Waals surface area contributed by atoms with E-state index >= 15 is 0 Å². The molecule has 0 fully saturated rings. The molecular formula is C10H10ClN3S2. The zero-order valence-electron chi connectivity index (χ0n) is 8.39. The molecule has 0 aliphatic rings. The molecule has 0 atom stereocenters. The van der Waals surface area contributed by atoms with E-state index in [4.69, 9.17) is 17.3 Å². The Labute approximate surface area is 107 Å². The number of nitrogens with zero attached hydrogens (tertiary/aromatic N) is 2. The Morgan fingerprint density at radius 3 is 2.62 bits per heavy atom. The molecule has 0 aliphatic heterocycles. The maximum atomic E-state index is 5.81. The molecule has 0 radical (unpaired) electrons. The lowest BCUT2D eigenvalue weighted by molar-refractivity contribution is 1.08. The number of nitrogen functional groups attached to an aromatic ring is 1. The highest BCUT2D eigenvalue weighted by atomic mass is 35.5. The van der Waals surface area contributed by atoms with Gasteiger partial charge >= 0.3 is 0 Å². The van der Waals surface area contributed by atoms with Crippen LogP contribution in [-0.2, 0) is 11.5 Å². The zero-order chi connectivity index (χ0) is 11.4. The molecule has 0 unspecified atom stereocenters. The Kier molecular flexibility index (Phi) is 4.04. The van der Waals surface area contributed by atoms with Crippen molar-refractivity contribution in [3.05, 3.63) is 40.5 Å². The van der Waals surface area contributed by atoms with Crippen LogP contribution >= 0.6 is 34.9 Å². The van der Waals surface area contributed by atoms with Crippen LogP contribution in [0.1, 0.15) is 11.3 Å². The Hall–Kier alpha value is -0.780. The first kappa shape index (κ1) is 11.7. The second-order valence-corrected chi connectivity index (χ2v) is 5.41. The molecule has 2 rings (SSSR count). The van der Waals surface area contributed by atoms with Gasteiger partial charge in [0.1, 0.15) is 10.7 Å². The summed E-state index contributed by atoms with van der Waals surface area (Å²) in [4.78, 5) is 0. The number of benzene rings is 1. The summed E-state index contributed by atoms with van der Waals surface area (Å²) < 4.78 is 3.79. The molecule has 2 aromatic rings. The van der Waals surface area contributed by atoms with Gasteiger partial charge in [-0.2, -0.15) is 11.8 Å². The SMILES string of the molecule is Nc1snnc1CSCc1ccc(Cl)cc1. The quantitative estimate of drug-likeness (QED) is 0.928. The fourth-order valence-corrected chi connectivity index (χ4v) is 2.76. The summed E-state index contributed by atoms with van der Waals surface area (Å²) in [6, 6.07) is 7.85. The van der Waals surface area contributed by atoms with E-state index in [1.807, 2.05) is 24.3 Å². The number of anilines is 1. The van der Waals surface area contributed by atoms with Gasteiger partial charge in [0, 0.05) is 28.1 Å². The lowest BCUT2D eigenvalue weighted by atomic mass is 10.2. The smallest absolute Gasteiger partial charge is 0.131 e. The van der Waals surface area contributed by atoms with Gasteiger partial charge in [-0.3, -0.25) is 0 Å². The Morgan fingerprint density at radius 2 is 2.00 bits per heavy atom. The Balaban J connectivity index is 1.84. The first-order valence-corrected chi connectivity index (χ1v) is 6.95. The van der Waals surface area contributed by atoms with Gasteiger partial charge in [-0.05, 0) is 17.7 Å². The van der Waals surface area contributed by atoms with Crippen molar-refractivity contribution in [2.45, 2.75) is 11.5 Å². The minimum absolute atomic E-state index is 0.712. The van der Waals surface area contributed by atoms with Crippen LogP contribution in [0.3, 0.4) is 0 Å². The van der Waals surface area contributed by atoms with Crippen molar-refractivity contribution >= 4 is 39.9 Å². The average Bonchev–Trinajstić information content (AvgIpc) is 2.68. The molecule has 2 N–H and O–H groups in total. The van der Waals surface area contributed by atoms with E-state index < -0.39 is 0 Å². The maximum Gasteiger partial charge on any atom is 0.131 e. The van der Waals surface area contributed by atoms with E-state index in [1.54, 1.807) is 11.8 Å². The highest BCUT2D eigenvalue weighted by Crippen LogP contribution is 2.22. The van der Waals surface area contributed by atoms with E-state index in [0.29, 0.717) is 5.00 Å². The Morgan fingerprint density at radius 1 is 1.25 bits per heavy atom. The summed E-state index contributed by atoms with van der Waals surface area (Å²) in [6.07, 6.45) is 0. The summed E-state index contributed by atoms with van der Waals surface area (Å²) in [5.41, 5.74) is 7.83. The van der Waals surface area contributed by atoms with Gasteiger partial charge in [0.2, 0.25) is 0 Å². The molecule has 6 heteroatoms. The van der Waals surface area contributed by atoms with E-state index in [0.717, 1.165) is 22.2 Å². The van der Waals surface area contributed by atoms with E-state index in [2.05, 4.69) is 9.59 Å².